The second-order valence-corrected chi connectivity index (χ2v) is 7.27. The van der Waals surface area contributed by atoms with Gasteiger partial charge < -0.3 is 15.4 Å². The predicted octanol–water partition coefficient (Wildman–Crippen LogP) is 5.01. The third-order valence-corrected chi connectivity index (χ3v) is 4.91. The van der Waals surface area contributed by atoms with E-state index in [4.69, 9.17) is 11.6 Å². The van der Waals surface area contributed by atoms with E-state index in [1.807, 2.05) is 18.2 Å². The van der Waals surface area contributed by atoms with E-state index in [1.54, 1.807) is 24.5 Å². The van der Waals surface area contributed by atoms with E-state index in [1.165, 1.54) is 6.07 Å². The summed E-state index contributed by atoms with van der Waals surface area (Å²) < 4.78 is 0. The maximum atomic E-state index is 11.8. The van der Waals surface area contributed by atoms with Gasteiger partial charge in [-0.15, -0.1) is 0 Å². The molecule has 0 radical (unpaired) electrons. The van der Waals surface area contributed by atoms with E-state index >= 15 is 0 Å². The molecular weight excluding hydrogens is 404 g/mol. The molecule has 30 heavy (non-hydrogen) atoms. The van der Waals surface area contributed by atoms with Gasteiger partial charge in [-0.1, -0.05) is 37.4 Å². The summed E-state index contributed by atoms with van der Waals surface area (Å²) >= 11 is 6.09. The van der Waals surface area contributed by atoms with Crippen molar-refractivity contribution in [2.45, 2.75) is 26.2 Å². The van der Waals surface area contributed by atoms with E-state index in [0.717, 1.165) is 41.3 Å². The van der Waals surface area contributed by atoms with Crippen molar-refractivity contribution in [2.24, 2.45) is 5.10 Å². The maximum Gasteiger partial charge on any atom is 0.336 e. The average Bonchev–Trinajstić information content (AvgIpc) is 3.13. The van der Waals surface area contributed by atoms with Crippen LogP contribution in [0.4, 0.5) is 4.79 Å². The van der Waals surface area contributed by atoms with Crippen LogP contribution in [-0.2, 0) is 0 Å². The predicted molar refractivity (Wildman–Crippen MR) is 119 cm³/mol. The monoisotopic (exact) mass is 426 g/mol. The Morgan fingerprint density at radius 3 is 2.80 bits per heavy atom. The number of carbonyl (C=O) groups is 2. The number of carboxylic acids is 1. The summed E-state index contributed by atoms with van der Waals surface area (Å²) in [4.78, 5) is 26.5. The molecule has 0 unspecified atom stereocenters. The van der Waals surface area contributed by atoms with Crippen LogP contribution < -0.4 is 10.7 Å². The van der Waals surface area contributed by atoms with Crippen molar-refractivity contribution < 1.29 is 14.7 Å². The van der Waals surface area contributed by atoms with Crippen LogP contribution in [0.2, 0.25) is 5.02 Å². The minimum absolute atomic E-state index is 0.172. The Morgan fingerprint density at radius 2 is 2.03 bits per heavy atom. The van der Waals surface area contributed by atoms with Crippen LogP contribution in [0.25, 0.3) is 22.0 Å². The number of carboxylic acid groups (broad SMARTS) is 1. The number of hydrogen-bond donors (Lipinski definition) is 4. The number of hydrogen-bond acceptors (Lipinski definition) is 3. The van der Waals surface area contributed by atoms with Crippen LogP contribution in [-0.4, -0.2) is 34.9 Å². The summed E-state index contributed by atoms with van der Waals surface area (Å²) in [6.07, 6.45) is 6.41. The average molecular weight is 427 g/mol. The third-order valence-electron chi connectivity index (χ3n) is 4.67. The van der Waals surface area contributed by atoms with Gasteiger partial charge in [0.15, 0.2) is 0 Å². The maximum absolute atomic E-state index is 11.8. The van der Waals surface area contributed by atoms with Crippen molar-refractivity contribution in [2.75, 3.05) is 6.54 Å². The lowest BCUT2D eigenvalue weighted by Crippen LogP contribution is -2.32. The molecule has 0 aliphatic carbocycles. The van der Waals surface area contributed by atoms with Crippen LogP contribution in [0.5, 0.6) is 0 Å². The molecule has 8 heteroatoms. The summed E-state index contributed by atoms with van der Waals surface area (Å²) in [6, 6.07) is 9.90. The molecule has 3 aromatic rings. The summed E-state index contributed by atoms with van der Waals surface area (Å²) in [5.41, 5.74) is 5.50. The molecule has 0 aliphatic heterocycles. The second kappa shape index (κ2) is 9.93. The van der Waals surface area contributed by atoms with Crippen LogP contribution in [0, 0.1) is 0 Å². The highest BCUT2D eigenvalue weighted by Gasteiger charge is 2.13. The number of rotatable bonds is 8. The fourth-order valence-electron chi connectivity index (χ4n) is 3.14. The summed E-state index contributed by atoms with van der Waals surface area (Å²) in [5.74, 6) is -1.02. The molecule has 0 bridgehead atoms. The smallest absolute Gasteiger partial charge is 0.336 e. The Morgan fingerprint density at radius 1 is 1.20 bits per heavy atom. The Kier molecular flexibility index (Phi) is 7.08. The van der Waals surface area contributed by atoms with Gasteiger partial charge in [-0.25, -0.2) is 15.0 Å². The third kappa shape index (κ3) is 5.18. The van der Waals surface area contributed by atoms with Gasteiger partial charge in [-0.05, 0) is 47.9 Å². The van der Waals surface area contributed by atoms with Crippen molar-refractivity contribution in [3.8, 4) is 11.1 Å². The van der Waals surface area contributed by atoms with Gasteiger partial charge >= 0.3 is 12.0 Å². The Balaban J connectivity index is 1.80. The normalized spacial score (nSPS) is 11.1. The van der Waals surface area contributed by atoms with Crippen LogP contribution in [0.15, 0.2) is 47.7 Å². The SMILES string of the molecule is CCCCCNC(=O)N/N=C/c1c[nH]c2ccc(-c3cc(Cl)ccc3C(=O)O)cc12. The number of halogens is 1. The highest BCUT2D eigenvalue weighted by molar-refractivity contribution is 6.31. The molecule has 1 aromatic heterocycles. The van der Waals surface area contributed by atoms with E-state index in [2.05, 4.69) is 27.8 Å². The van der Waals surface area contributed by atoms with Gasteiger partial charge in [0, 0.05) is 34.2 Å². The number of unbranched alkanes of at least 4 members (excludes halogenated alkanes) is 2. The minimum atomic E-state index is -1.02. The number of aromatic amines is 1. The van der Waals surface area contributed by atoms with Gasteiger partial charge in [0.05, 0.1) is 11.8 Å². The van der Waals surface area contributed by atoms with Crippen molar-refractivity contribution in [1.82, 2.24) is 15.7 Å². The number of aromatic nitrogens is 1. The standard InChI is InChI=1S/C22H23ClN4O3/c1-2-3-4-9-24-22(30)27-26-13-15-12-25-20-8-5-14(10-19(15)20)18-11-16(23)6-7-17(18)21(28)29/h5-8,10-13,25H,2-4,9H2,1H3,(H,28,29)(H2,24,27,30)/b26-13+. The van der Waals surface area contributed by atoms with Gasteiger partial charge in [0.1, 0.15) is 0 Å². The van der Waals surface area contributed by atoms with Crippen LogP contribution >= 0.6 is 11.6 Å². The number of urea groups is 1. The molecule has 3 rings (SSSR count). The van der Waals surface area contributed by atoms with E-state index in [0.29, 0.717) is 17.1 Å². The molecule has 0 saturated heterocycles. The Bertz CT molecular complexity index is 1090. The number of nitrogens with zero attached hydrogens (tertiary/aromatic N) is 1. The summed E-state index contributed by atoms with van der Waals surface area (Å²) in [7, 11) is 0. The molecule has 1 heterocycles. The number of carbonyl (C=O) groups excluding carboxylic acids is 1. The molecule has 2 aromatic carbocycles. The van der Waals surface area contributed by atoms with Crippen LogP contribution in [0.3, 0.4) is 0 Å². The number of aromatic carboxylic acids is 1. The summed E-state index contributed by atoms with van der Waals surface area (Å²) in [5, 5.41) is 17.5. The Labute approximate surface area is 179 Å². The molecule has 0 saturated carbocycles. The highest BCUT2D eigenvalue weighted by Crippen LogP contribution is 2.30. The number of amides is 2. The first-order valence-electron chi connectivity index (χ1n) is 9.71. The lowest BCUT2D eigenvalue weighted by molar-refractivity contribution is 0.0697. The molecule has 2 amide bonds. The van der Waals surface area contributed by atoms with Crippen LogP contribution in [0.1, 0.15) is 42.1 Å². The number of benzene rings is 2. The largest absolute Gasteiger partial charge is 0.478 e. The van der Waals surface area contributed by atoms with Crippen molar-refractivity contribution in [3.63, 3.8) is 0 Å². The quantitative estimate of drug-likeness (QED) is 0.231. The number of hydrazone groups is 1. The van der Waals surface area contributed by atoms with Gasteiger partial charge in [0.2, 0.25) is 0 Å². The molecule has 0 spiro atoms. The molecule has 7 nitrogen and oxygen atoms in total. The zero-order chi connectivity index (χ0) is 21.5. The molecule has 0 atom stereocenters. The minimum Gasteiger partial charge on any atom is -0.478 e. The zero-order valence-corrected chi connectivity index (χ0v) is 17.3. The van der Waals surface area contributed by atoms with E-state index in [9.17, 15) is 14.7 Å². The zero-order valence-electron chi connectivity index (χ0n) is 16.5. The van der Waals surface area contributed by atoms with Gasteiger partial charge in [-0.3, -0.25) is 0 Å². The van der Waals surface area contributed by atoms with Gasteiger partial charge in [0.25, 0.3) is 0 Å². The van der Waals surface area contributed by atoms with E-state index < -0.39 is 5.97 Å². The molecule has 156 valence electrons. The number of nitrogens with one attached hydrogen (secondary N) is 3. The second-order valence-electron chi connectivity index (χ2n) is 6.83. The van der Waals surface area contributed by atoms with Crippen molar-refractivity contribution in [3.05, 3.63) is 58.7 Å². The first-order valence-corrected chi connectivity index (χ1v) is 10.1. The molecule has 0 fully saturated rings. The number of fused-ring (bicyclic) bond motifs is 1. The van der Waals surface area contributed by atoms with Crippen molar-refractivity contribution >= 4 is 40.7 Å². The Hall–Kier alpha value is -3.32. The van der Waals surface area contributed by atoms with Crippen molar-refractivity contribution in [1.29, 1.82) is 0 Å². The fourth-order valence-corrected chi connectivity index (χ4v) is 3.31. The highest BCUT2D eigenvalue weighted by atomic mass is 35.5. The molecule has 4 N–H and O–H groups in total. The molecule has 0 aliphatic rings. The van der Waals surface area contributed by atoms with E-state index in [-0.39, 0.29) is 11.6 Å². The van der Waals surface area contributed by atoms with Gasteiger partial charge in [-0.2, -0.15) is 5.10 Å². The topological polar surface area (TPSA) is 107 Å². The number of H-pyrrole nitrogens is 1. The summed E-state index contributed by atoms with van der Waals surface area (Å²) in [6.45, 7) is 2.71. The first kappa shape index (κ1) is 21.4. The lowest BCUT2D eigenvalue weighted by Gasteiger charge is -2.08. The fraction of sp³-hybridized carbons (Fsp3) is 0.227. The molecular formula is C22H23ClN4O3. The first-order chi connectivity index (χ1) is 14.5. The lowest BCUT2D eigenvalue weighted by atomic mass is 9.98.